The lowest BCUT2D eigenvalue weighted by atomic mass is 10.2. The van der Waals surface area contributed by atoms with Crippen LogP contribution < -0.4 is 20.5 Å². The Kier molecular flexibility index (Phi) is 3.39. The number of alkyl halides is 2. The molecule has 1 aromatic carbocycles. The van der Waals surface area contributed by atoms with E-state index in [1.165, 1.54) is 24.3 Å². The van der Waals surface area contributed by atoms with E-state index in [1.54, 1.807) is 0 Å². The number of anilines is 1. The summed E-state index contributed by atoms with van der Waals surface area (Å²) < 4.78 is 34.1. The first kappa shape index (κ1) is 13.3. The third kappa shape index (κ3) is 3.00. The van der Waals surface area contributed by atoms with Gasteiger partial charge in [-0.1, -0.05) is 6.08 Å². The van der Waals surface area contributed by atoms with Crippen molar-refractivity contribution in [2.75, 3.05) is 5.32 Å². The third-order valence-corrected chi connectivity index (χ3v) is 2.43. The number of carbonyl (C=O) groups excluding carboxylic acids is 1. The minimum absolute atomic E-state index is 0.0848. The van der Waals surface area contributed by atoms with Gasteiger partial charge in [0.15, 0.2) is 11.5 Å². The van der Waals surface area contributed by atoms with Crippen molar-refractivity contribution in [3.8, 4) is 11.5 Å². The molecule has 0 fully saturated rings. The second kappa shape index (κ2) is 4.85. The molecule has 5 nitrogen and oxygen atoms in total. The Morgan fingerprint density at radius 2 is 2.16 bits per heavy atom. The van der Waals surface area contributed by atoms with Crippen LogP contribution in [0.5, 0.6) is 11.5 Å². The van der Waals surface area contributed by atoms with E-state index in [4.69, 9.17) is 5.73 Å². The van der Waals surface area contributed by atoms with Gasteiger partial charge in [0.25, 0.3) is 0 Å². The summed E-state index contributed by atoms with van der Waals surface area (Å²) in [6.07, 6.45) is -1.84. The molecule has 1 unspecified atom stereocenters. The maximum Gasteiger partial charge on any atom is 0.586 e. The van der Waals surface area contributed by atoms with Crippen molar-refractivity contribution in [3.63, 3.8) is 0 Å². The van der Waals surface area contributed by atoms with Gasteiger partial charge in [0.05, 0.1) is 6.04 Å². The zero-order valence-electron chi connectivity index (χ0n) is 9.86. The van der Waals surface area contributed by atoms with Crippen molar-refractivity contribution in [2.45, 2.75) is 18.8 Å². The summed E-state index contributed by atoms with van der Waals surface area (Å²) in [5.74, 6) is -0.663. The van der Waals surface area contributed by atoms with E-state index < -0.39 is 18.2 Å². The number of rotatable bonds is 4. The molecule has 1 aromatic rings. The van der Waals surface area contributed by atoms with Crippen LogP contribution >= 0.6 is 0 Å². The summed E-state index contributed by atoms with van der Waals surface area (Å²) in [6, 6.07) is 3.20. The average molecular weight is 270 g/mol. The largest absolute Gasteiger partial charge is 0.586 e. The van der Waals surface area contributed by atoms with E-state index in [1.807, 2.05) is 0 Å². The summed E-state index contributed by atoms with van der Waals surface area (Å²) in [5.41, 5.74) is 5.87. The molecule has 0 aromatic heterocycles. The van der Waals surface area contributed by atoms with Crippen LogP contribution in [0.1, 0.15) is 6.42 Å². The fourth-order valence-corrected chi connectivity index (χ4v) is 1.55. The summed E-state index contributed by atoms with van der Waals surface area (Å²) in [7, 11) is 0. The minimum Gasteiger partial charge on any atom is -0.395 e. The molecular formula is C12H12F2N2O3. The predicted octanol–water partition coefficient (Wildman–Crippen LogP) is 1.85. The van der Waals surface area contributed by atoms with Crippen molar-refractivity contribution in [1.82, 2.24) is 0 Å². The number of amides is 1. The summed E-state index contributed by atoms with van der Waals surface area (Å²) in [5, 5.41) is 2.49. The number of hydrogen-bond acceptors (Lipinski definition) is 4. The summed E-state index contributed by atoms with van der Waals surface area (Å²) in [4.78, 5) is 11.6. The maximum absolute atomic E-state index is 12.8. The molecule has 3 N–H and O–H groups in total. The molecule has 1 aliphatic rings. The Hall–Kier alpha value is -2.15. The van der Waals surface area contributed by atoms with Crippen LogP contribution in [0.2, 0.25) is 0 Å². The molecule has 2 rings (SSSR count). The monoisotopic (exact) mass is 270 g/mol. The van der Waals surface area contributed by atoms with Crippen molar-refractivity contribution in [1.29, 1.82) is 0 Å². The molecule has 0 saturated carbocycles. The first-order chi connectivity index (χ1) is 8.91. The van der Waals surface area contributed by atoms with Crippen LogP contribution in [0.3, 0.4) is 0 Å². The number of benzene rings is 1. The Morgan fingerprint density at radius 3 is 2.84 bits per heavy atom. The van der Waals surface area contributed by atoms with E-state index >= 15 is 0 Å². The molecule has 1 amide bonds. The number of hydrogen-bond donors (Lipinski definition) is 2. The van der Waals surface area contributed by atoms with E-state index in [0.717, 1.165) is 0 Å². The van der Waals surface area contributed by atoms with Gasteiger partial charge < -0.3 is 20.5 Å². The minimum atomic E-state index is -3.68. The number of nitrogens with one attached hydrogen (secondary N) is 1. The molecule has 0 radical (unpaired) electrons. The standard InChI is InChI=1S/C12H12F2N2O3/c1-2-3-8(15)11(17)16-7-4-5-9-10(6-7)19-12(13,14)18-9/h2,4-6,8H,1,3,15H2,(H,16,17). The average Bonchev–Trinajstić information content (AvgIpc) is 2.62. The first-order valence-electron chi connectivity index (χ1n) is 5.48. The van der Waals surface area contributed by atoms with Crippen molar-refractivity contribution in [2.24, 2.45) is 5.73 Å². The quantitative estimate of drug-likeness (QED) is 0.819. The second-order valence-corrected chi connectivity index (χ2v) is 3.95. The zero-order chi connectivity index (χ0) is 14.0. The SMILES string of the molecule is C=CCC(N)C(=O)Nc1ccc2c(c1)OC(F)(F)O2. The highest BCUT2D eigenvalue weighted by Gasteiger charge is 2.43. The van der Waals surface area contributed by atoms with Gasteiger partial charge in [-0.05, 0) is 18.6 Å². The summed E-state index contributed by atoms with van der Waals surface area (Å²) in [6.45, 7) is 3.47. The topological polar surface area (TPSA) is 73.6 Å². The van der Waals surface area contributed by atoms with Gasteiger partial charge in [0, 0.05) is 11.8 Å². The molecule has 0 saturated heterocycles. The van der Waals surface area contributed by atoms with Crippen molar-refractivity contribution >= 4 is 11.6 Å². The van der Waals surface area contributed by atoms with Gasteiger partial charge in [-0.15, -0.1) is 15.4 Å². The third-order valence-electron chi connectivity index (χ3n) is 2.43. The lowest BCUT2D eigenvalue weighted by molar-refractivity contribution is -0.286. The van der Waals surface area contributed by atoms with E-state index in [9.17, 15) is 13.6 Å². The normalized spacial score (nSPS) is 16.8. The fourth-order valence-electron chi connectivity index (χ4n) is 1.55. The lowest BCUT2D eigenvalue weighted by Crippen LogP contribution is -2.35. The molecule has 0 bridgehead atoms. The molecule has 0 aliphatic carbocycles. The first-order valence-corrected chi connectivity index (χ1v) is 5.48. The number of fused-ring (bicyclic) bond motifs is 1. The zero-order valence-corrected chi connectivity index (χ0v) is 9.86. The molecule has 102 valence electrons. The smallest absolute Gasteiger partial charge is 0.395 e. The van der Waals surface area contributed by atoms with Crippen molar-refractivity contribution < 1.29 is 23.0 Å². The van der Waals surface area contributed by atoms with Crippen LogP contribution in [0, 0.1) is 0 Å². The predicted molar refractivity (Wildman–Crippen MR) is 64.1 cm³/mol. The van der Waals surface area contributed by atoms with Gasteiger partial charge in [0.1, 0.15) is 0 Å². The number of nitrogens with two attached hydrogens (primary N) is 1. The Balaban J connectivity index is 2.08. The number of ether oxygens (including phenoxy) is 2. The molecule has 7 heteroatoms. The maximum atomic E-state index is 12.8. The molecule has 0 spiro atoms. The van der Waals surface area contributed by atoms with Crippen LogP contribution in [-0.2, 0) is 4.79 Å². The molecule has 1 heterocycles. The van der Waals surface area contributed by atoms with Gasteiger partial charge in [-0.3, -0.25) is 4.79 Å². The van der Waals surface area contributed by atoms with Crippen LogP contribution in [-0.4, -0.2) is 18.2 Å². The Morgan fingerprint density at radius 1 is 1.47 bits per heavy atom. The van der Waals surface area contributed by atoms with Gasteiger partial charge in [0.2, 0.25) is 5.91 Å². The van der Waals surface area contributed by atoms with Crippen molar-refractivity contribution in [3.05, 3.63) is 30.9 Å². The highest BCUT2D eigenvalue weighted by Crippen LogP contribution is 2.42. The molecular weight excluding hydrogens is 258 g/mol. The molecule has 19 heavy (non-hydrogen) atoms. The van der Waals surface area contributed by atoms with Gasteiger partial charge >= 0.3 is 6.29 Å². The lowest BCUT2D eigenvalue weighted by Gasteiger charge is -2.10. The van der Waals surface area contributed by atoms with Crippen LogP contribution in [0.25, 0.3) is 0 Å². The Labute approximate surface area is 108 Å². The Bertz CT molecular complexity index is 520. The fraction of sp³-hybridized carbons (Fsp3) is 0.250. The van der Waals surface area contributed by atoms with E-state index in [-0.39, 0.29) is 11.5 Å². The second-order valence-electron chi connectivity index (χ2n) is 3.95. The van der Waals surface area contributed by atoms with Gasteiger partial charge in [-0.2, -0.15) is 0 Å². The number of carbonyl (C=O) groups is 1. The van der Waals surface area contributed by atoms with Crippen LogP contribution in [0.15, 0.2) is 30.9 Å². The number of halogens is 2. The van der Waals surface area contributed by atoms with E-state index in [2.05, 4.69) is 21.4 Å². The van der Waals surface area contributed by atoms with Gasteiger partial charge in [-0.25, -0.2) is 0 Å². The highest BCUT2D eigenvalue weighted by molar-refractivity contribution is 5.95. The van der Waals surface area contributed by atoms with E-state index in [0.29, 0.717) is 12.1 Å². The molecule has 1 atom stereocenters. The van der Waals surface area contributed by atoms with Crippen LogP contribution in [0.4, 0.5) is 14.5 Å². The summed E-state index contributed by atoms with van der Waals surface area (Å²) >= 11 is 0. The molecule has 1 aliphatic heterocycles. The highest BCUT2D eigenvalue weighted by atomic mass is 19.3.